The predicted molar refractivity (Wildman–Crippen MR) is 165 cm³/mol. The largest absolute Gasteiger partial charge is 0.506 e. The van der Waals surface area contributed by atoms with Gasteiger partial charge in [-0.25, -0.2) is 14.8 Å². The number of β-amino-alcohol motifs (C(OH)–C–C–N with tert-alkyl or cyclic N) is 1. The number of aliphatic hydroxyl groups excluding tert-OH is 1. The standard InChI is InChI=1S/C29H37ClFN9O2/c1-37-6-8-39(9-7-37)20-21-2-4-23(5-3-21)34-24-16-22(27(42)25(30)17-24)18-33-36-29-32-19-26(31)28(35-29)40-12-10-38(11-13-40)14-15-41/h2-5,16-19,34,41-42H,6-15,20H2,1H3,(H,32,35,36)/b33-18+. The van der Waals surface area contributed by atoms with Crippen LogP contribution in [0.1, 0.15) is 11.1 Å². The number of rotatable bonds is 10. The number of piperazine rings is 2. The maximum absolute atomic E-state index is 14.5. The van der Waals surface area contributed by atoms with Crippen molar-refractivity contribution in [1.82, 2.24) is 24.7 Å². The maximum Gasteiger partial charge on any atom is 0.245 e. The molecule has 2 saturated heterocycles. The summed E-state index contributed by atoms with van der Waals surface area (Å²) in [6.07, 6.45) is 2.52. The summed E-state index contributed by atoms with van der Waals surface area (Å²) in [7, 11) is 2.15. The summed E-state index contributed by atoms with van der Waals surface area (Å²) in [5, 5.41) is 27.3. The van der Waals surface area contributed by atoms with Crippen molar-refractivity contribution in [2.45, 2.75) is 6.54 Å². The lowest BCUT2D eigenvalue weighted by Gasteiger charge is -2.35. The number of hydrazone groups is 1. The Morgan fingerprint density at radius 3 is 2.43 bits per heavy atom. The van der Waals surface area contributed by atoms with E-state index in [9.17, 15) is 9.50 Å². The molecule has 5 rings (SSSR count). The van der Waals surface area contributed by atoms with Gasteiger partial charge in [-0.3, -0.25) is 9.80 Å². The van der Waals surface area contributed by atoms with Crippen LogP contribution in [0.4, 0.5) is 27.5 Å². The van der Waals surface area contributed by atoms with Crippen molar-refractivity contribution in [3.63, 3.8) is 0 Å². The molecular formula is C29H37ClFN9O2. The number of aromatic nitrogens is 2. The van der Waals surface area contributed by atoms with Crippen LogP contribution in [0.5, 0.6) is 5.75 Å². The van der Waals surface area contributed by atoms with Crippen LogP contribution < -0.4 is 15.6 Å². The summed E-state index contributed by atoms with van der Waals surface area (Å²) in [6.45, 7) is 8.51. The van der Waals surface area contributed by atoms with Crippen molar-refractivity contribution in [1.29, 1.82) is 0 Å². The minimum atomic E-state index is -0.518. The van der Waals surface area contributed by atoms with Crippen LogP contribution >= 0.6 is 11.6 Å². The van der Waals surface area contributed by atoms with Gasteiger partial charge in [0.2, 0.25) is 5.95 Å². The fourth-order valence-corrected chi connectivity index (χ4v) is 5.26. The lowest BCUT2D eigenvalue weighted by molar-refractivity contribution is 0.148. The Labute approximate surface area is 250 Å². The van der Waals surface area contributed by atoms with E-state index in [1.165, 1.54) is 11.8 Å². The molecule has 3 aromatic rings. The van der Waals surface area contributed by atoms with Crippen LogP contribution in [0, 0.1) is 5.82 Å². The molecule has 0 atom stereocenters. The quantitative estimate of drug-likeness (QED) is 0.158. The number of nitrogens with zero attached hydrogens (tertiary/aromatic N) is 7. The van der Waals surface area contributed by atoms with Crippen LogP contribution in [0.15, 0.2) is 47.7 Å². The first-order chi connectivity index (χ1) is 20.4. The summed E-state index contributed by atoms with van der Waals surface area (Å²) in [5.74, 6) is -0.317. The van der Waals surface area contributed by atoms with Gasteiger partial charge in [0.15, 0.2) is 11.6 Å². The molecule has 4 N–H and O–H groups in total. The minimum Gasteiger partial charge on any atom is -0.506 e. The van der Waals surface area contributed by atoms with Crippen molar-refractivity contribution in [3.8, 4) is 5.75 Å². The highest BCUT2D eigenvalue weighted by Crippen LogP contribution is 2.32. The second-order valence-corrected chi connectivity index (χ2v) is 11.0. The van der Waals surface area contributed by atoms with Gasteiger partial charge in [0.05, 0.1) is 24.0 Å². The molecule has 224 valence electrons. The maximum atomic E-state index is 14.5. The minimum absolute atomic E-state index is 0.0954. The normalized spacial score (nSPS) is 17.2. The topological polar surface area (TPSA) is 116 Å². The number of nitrogens with one attached hydrogen (secondary N) is 2. The number of aromatic hydroxyl groups is 1. The number of phenols is 1. The van der Waals surface area contributed by atoms with Crippen molar-refractivity contribution in [3.05, 3.63) is 64.6 Å². The molecule has 13 heteroatoms. The number of anilines is 4. The molecule has 2 aliphatic heterocycles. The van der Waals surface area contributed by atoms with Gasteiger partial charge >= 0.3 is 0 Å². The summed E-state index contributed by atoms with van der Waals surface area (Å²) in [4.78, 5) is 17.0. The number of likely N-dealkylation sites (N-methyl/N-ethyl adjacent to an activating group) is 1. The highest BCUT2D eigenvalue weighted by molar-refractivity contribution is 6.32. The van der Waals surface area contributed by atoms with Crippen LogP contribution in [0.3, 0.4) is 0 Å². The third-order valence-corrected chi connectivity index (χ3v) is 7.81. The first-order valence-electron chi connectivity index (χ1n) is 14.1. The van der Waals surface area contributed by atoms with E-state index in [1.807, 2.05) is 17.0 Å². The predicted octanol–water partition coefficient (Wildman–Crippen LogP) is 3.03. The van der Waals surface area contributed by atoms with Crippen molar-refractivity contribution >= 4 is 41.0 Å². The molecule has 0 radical (unpaired) electrons. The van der Waals surface area contributed by atoms with Gasteiger partial charge < -0.3 is 25.3 Å². The molecule has 2 aromatic carbocycles. The van der Waals surface area contributed by atoms with Gasteiger partial charge in [-0.05, 0) is 36.9 Å². The molecule has 11 nitrogen and oxygen atoms in total. The number of phenolic OH excluding ortho intramolecular Hbond substituents is 1. The number of benzene rings is 2. The highest BCUT2D eigenvalue weighted by Gasteiger charge is 2.21. The zero-order valence-electron chi connectivity index (χ0n) is 23.7. The molecule has 0 unspecified atom stereocenters. The Bertz CT molecular complexity index is 1360. The van der Waals surface area contributed by atoms with E-state index in [0.717, 1.165) is 44.6 Å². The molecule has 0 spiro atoms. The third-order valence-electron chi connectivity index (χ3n) is 7.52. The monoisotopic (exact) mass is 597 g/mol. The van der Waals surface area contributed by atoms with Crippen LogP contribution in [-0.4, -0.2) is 114 Å². The summed E-state index contributed by atoms with van der Waals surface area (Å²) in [5.41, 5.74) is 5.93. The fraction of sp³-hybridized carbons (Fsp3) is 0.414. The molecule has 0 saturated carbocycles. The summed E-state index contributed by atoms with van der Waals surface area (Å²) < 4.78 is 14.5. The third kappa shape index (κ3) is 7.84. The van der Waals surface area contributed by atoms with Crippen LogP contribution in [0.2, 0.25) is 5.02 Å². The molecular weight excluding hydrogens is 561 g/mol. The van der Waals surface area contributed by atoms with E-state index in [4.69, 9.17) is 16.7 Å². The second kappa shape index (κ2) is 14.1. The number of hydrogen-bond donors (Lipinski definition) is 4. The Balaban J connectivity index is 1.20. The highest BCUT2D eigenvalue weighted by atomic mass is 35.5. The van der Waals surface area contributed by atoms with E-state index in [2.05, 4.69) is 59.7 Å². The lowest BCUT2D eigenvalue weighted by atomic mass is 10.1. The molecule has 0 bridgehead atoms. The molecule has 0 aliphatic carbocycles. The molecule has 3 heterocycles. The smallest absolute Gasteiger partial charge is 0.245 e. The SMILES string of the molecule is CN1CCN(Cc2ccc(Nc3cc(Cl)c(O)c(/C=N/Nc4ncc(F)c(N5CCN(CCO)CC5)n4)c3)cc2)CC1. The average Bonchev–Trinajstić information content (AvgIpc) is 2.99. The van der Waals surface area contributed by atoms with Crippen molar-refractivity contribution < 1.29 is 14.6 Å². The number of halogens is 2. The van der Waals surface area contributed by atoms with Gasteiger partial charge in [-0.15, -0.1) is 0 Å². The molecule has 42 heavy (non-hydrogen) atoms. The van der Waals surface area contributed by atoms with Crippen molar-refractivity contribution in [2.75, 3.05) is 88.2 Å². The number of aliphatic hydroxyl groups is 1. The van der Waals surface area contributed by atoms with E-state index < -0.39 is 5.82 Å². The molecule has 2 fully saturated rings. The molecule has 0 amide bonds. The van der Waals surface area contributed by atoms with E-state index in [1.54, 1.807) is 12.1 Å². The Kier molecular flexibility index (Phi) is 10.0. The van der Waals surface area contributed by atoms with Gasteiger partial charge in [0.1, 0.15) is 5.75 Å². The van der Waals surface area contributed by atoms with E-state index in [0.29, 0.717) is 44.0 Å². The zero-order chi connectivity index (χ0) is 29.5. The Hall–Kier alpha value is -3.55. The van der Waals surface area contributed by atoms with Gasteiger partial charge in [-0.2, -0.15) is 10.1 Å². The zero-order valence-corrected chi connectivity index (χ0v) is 24.4. The van der Waals surface area contributed by atoms with Crippen LogP contribution in [-0.2, 0) is 6.54 Å². The summed E-state index contributed by atoms with van der Waals surface area (Å²) in [6, 6.07) is 11.7. The fourth-order valence-electron chi connectivity index (χ4n) is 5.03. The Morgan fingerprint density at radius 2 is 1.71 bits per heavy atom. The Morgan fingerprint density at radius 1 is 1.00 bits per heavy atom. The van der Waals surface area contributed by atoms with Crippen LogP contribution in [0.25, 0.3) is 0 Å². The first kappa shape index (κ1) is 29.9. The number of hydrogen-bond acceptors (Lipinski definition) is 11. The van der Waals surface area contributed by atoms with E-state index >= 15 is 0 Å². The van der Waals surface area contributed by atoms with Crippen molar-refractivity contribution in [2.24, 2.45) is 5.10 Å². The molecule has 1 aromatic heterocycles. The van der Waals surface area contributed by atoms with Gasteiger partial charge in [-0.1, -0.05) is 23.7 Å². The summed E-state index contributed by atoms with van der Waals surface area (Å²) >= 11 is 6.31. The van der Waals surface area contributed by atoms with E-state index in [-0.39, 0.29) is 29.1 Å². The average molecular weight is 598 g/mol. The second-order valence-electron chi connectivity index (χ2n) is 10.6. The first-order valence-corrected chi connectivity index (χ1v) is 14.4. The molecule has 2 aliphatic rings. The van der Waals surface area contributed by atoms with Gasteiger partial charge in [0, 0.05) is 82.4 Å². The van der Waals surface area contributed by atoms with Gasteiger partial charge in [0.25, 0.3) is 0 Å². The lowest BCUT2D eigenvalue weighted by Crippen LogP contribution is -2.47.